The third-order valence-electron chi connectivity index (χ3n) is 1.62. The summed E-state index contributed by atoms with van der Waals surface area (Å²) in [6.45, 7) is 0. The van der Waals surface area contributed by atoms with E-state index in [4.69, 9.17) is 5.11 Å². The molecule has 0 aliphatic rings. The van der Waals surface area contributed by atoms with E-state index in [9.17, 15) is 4.79 Å². The monoisotopic (exact) mass is 354 g/mol. The van der Waals surface area contributed by atoms with Crippen molar-refractivity contribution in [2.75, 3.05) is 0 Å². The molecule has 0 unspecified atom stereocenters. The molecule has 4 heteroatoms. The zero-order valence-corrected chi connectivity index (χ0v) is 10.5. The van der Waals surface area contributed by atoms with Crippen LogP contribution in [0.1, 0.15) is 12.0 Å². The summed E-state index contributed by atoms with van der Waals surface area (Å²) < 4.78 is 2.13. The van der Waals surface area contributed by atoms with E-state index >= 15 is 0 Å². The van der Waals surface area contributed by atoms with Crippen molar-refractivity contribution in [3.8, 4) is 0 Å². The summed E-state index contributed by atoms with van der Waals surface area (Å²) in [6.07, 6.45) is 0.756. The Morgan fingerprint density at radius 3 is 2.77 bits per heavy atom. The molecule has 0 aliphatic heterocycles. The topological polar surface area (TPSA) is 37.3 Å². The lowest BCUT2D eigenvalue weighted by Crippen LogP contribution is -1.98. The molecule has 1 aromatic carbocycles. The average Bonchev–Trinajstić information content (AvgIpc) is 2.02. The van der Waals surface area contributed by atoms with Crippen molar-refractivity contribution in [3.05, 3.63) is 31.8 Å². The molecular weight excluding hydrogens is 347 g/mol. The second-order valence-corrected chi connectivity index (χ2v) is 4.73. The SMILES string of the molecule is O=C(O)CCc1ccc(I)cc1Br. The van der Waals surface area contributed by atoms with Gasteiger partial charge in [0.15, 0.2) is 0 Å². The second kappa shape index (κ2) is 4.95. The molecule has 0 heterocycles. The Balaban J connectivity index is 2.72. The molecule has 0 amide bonds. The van der Waals surface area contributed by atoms with E-state index in [1.165, 1.54) is 0 Å². The summed E-state index contributed by atoms with van der Waals surface area (Å²) in [5.41, 5.74) is 1.04. The molecule has 2 nitrogen and oxygen atoms in total. The van der Waals surface area contributed by atoms with Gasteiger partial charge in [-0.1, -0.05) is 22.0 Å². The van der Waals surface area contributed by atoms with Crippen LogP contribution < -0.4 is 0 Å². The number of aryl methyl sites for hydroxylation is 1. The fraction of sp³-hybridized carbons (Fsp3) is 0.222. The van der Waals surface area contributed by atoms with Gasteiger partial charge < -0.3 is 5.11 Å². The van der Waals surface area contributed by atoms with Crippen molar-refractivity contribution in [2.45, 2.75) is 12.8 Å². The van der Waals surface area contributed by atoms with E-state index < -0.39 is 5.97 Å². The molecule has 0 radical (unpaired) electrons. The summed E-state index contributed by atoms with van der Waals surface area (Å²) in [6, 6.07) is 5.91. The van der Waals surface area contributed by atoms with E-state index in [-0.39, 0.29) is 6.42 Å². The van der Waals surface area contributed by atoms with Gasteiger partial charge in [0, 0.05) is 14.5 Å². The minimum atomic E-state index is -0.759. The van der Waals surface area contributed by atoms with Gasteiger partial charge in [-0.05, 0) is 46.7 Å². The summed E-state index contributed by atoms with van der Waals surface area (Å²) in [4.78, 5) is 10.3. The van der Waals surface area contributed by atoms with Gasteiger partial charge in [0.25, 0.3) is 0 Å². The lowest BCUT2D eigenvalue weighted by Gasteiger charge is -2.02. The van der Waals surface area contributed by atoms with Crippen LogP contribution in [0, 0.1) is 3.57 Å². The van der Waals surface area contributed by atoms with Crippen LogP contribution in [0.5, 0.6) is 0 Å². The highest BCUT2D eigenvalue weighted by atomic mass is 127. The number of carbonyl (C=O) groups is 1. The Hall–Kier alpha value is -0.100. The van der Waals surface area contributed by atoms with Crippen molar-refractivity contribution in [1.82, 2.24) is 0 Å². The number of aliphatic carboxylic acids is 1. The second-order valence-electron chi connectivity index (χ2n) is 2.63. The molecule has 13 heavy (non-hydrogen) atoms. The maximum absolute atomic E-state index is 10.3. The number of halogens is 2. The van der Waals surface area contributed by atoms with Crippen LogP contribution >= 0.6 is 38.5 Å². The predicted molar refractivity (Wildman–Crippen MR) is 62.8 cm³/mol. The molecule has 0 aliphatic carbocycles. The largest absolute Gasteiger partial charge is 0.481 e. The highest BCUT2D eigenvalue weighted by molar-refractivity contribution is 14.1. The molecule has 1 N–H and O–H groups in total. The van der Waals surface area contributed by atoms with Crippen LogP contribution in [0.25, 0.3) is 0 Å². The standard InChI is InChI=1S/C9H8BrIO2/c10-8-5-7(11)3-1-6(8)2-4-9(12)13/h1,3,5H,2,4H2,(H,12,13). The van der Waals surface area contributed by atoms with Crippen LogP contribution in [0.15, 0.2) is 22.7 Å². The highest BCUT2D eigenvalue weighted by Crippen LogP contribution is 2.20. The van der Waals surface area contributed by atoms with Crippen LogP contribution in [-0.2, 0) is 11.2 Å². The molecule has 0 fully saturated rings. The van der Waals surface area contributed by atoms with Gasteiger partial charge in [-0.2, -0.15) is 0 Å². The Kier molecular flexibility index (Phi) is 4.18. The van der Waals surface area contributed by atoms with E-state index in [2.05, 4.69) is 38.5 Å². The Bertz CT molecular complexity index is 325. The van der Waals surface area contributed by atoms with Crippen LogP contribution in [0.4, 0.5) is 0 Å². The van der Waals surface area contributed by atoms with Gasteiger partial charge in [0.1, 0.15) is 0 Å². The maximum atomic E-state index is 10.3. The lowest BCUT2D eigenvalue weighted by molar-refractivity contribution is -0.136. The van der Waals surface area contributed by atoms with Crippen molar-refractivity contribution in [1.29, 1.82) is 0 Å². The van der Waals surface area contributed by atoms with E-state index in [0.29, 0.717) is 6.42 Å². The van der Waals surface area contributed by atoms with Gasteiger partial charge >= 0.3 is 5.97 Å². The third-order valence-corrected chi connectivity index (χ3v) is 3.03. The number of carboxylic acids is 1. The minimum Gasteiger partial charge on any atom is -0.481 e. The van der Waals surface area contributed by atoms with Crippen molar-refractivity contribution in [2.24, 2.45) is 0 Å². The van der Waals surface area contributed by atoms with Gasteiger partial charge in [0.05, 0.1) is 0 Å². The average molecular weight is 355 g/mol. The van der Waals surface area contributed by atoms with Gasteiger partial charge in [-0.3, -0.25) is 4.79 Å². The van der Waals surface area contributed by atoms with E-state index in [1.807, 2.05) is 18.2 Å². The fourth-order valence-electron chi connectivity index (χ4n) is 0.966. The van der Waals surface area contributed by atoms with E-state index in [1.54, 1.807) is 0 Å². The number of carboxylic acid groups (broad SMARTS) is 1. The quantitative estimate of drug-likeness (QED) is 0.847. The molecule has 0 atom stereocenters. The first kappa shape index (κ1) is 11.0. The highest BCUT2D eigenvalue weighted by Gasteiger charge is 2.03. The first-order valence-corrected chi connectivity index (χ1v) is 5.62. The molecule has 0 aromatic heterocycles. The Morgan fingerprint density at radius 2 is 2.23 bits per heavy atom. The summed E-state index contributed by atoms with van der Waals surface area (Å²) >= 11 is 5.62. The summed E-state index contributed by atoms with van der Waals surface area (Å²) in [7, 11) is 0. The summed E-state index contributed by atoms with van der Waals surface area (Å²) in [5.74, 6) is -0.759. The Morgan fingerprint density at radius 1 is 1.54 bits per heavy atom. The van der Waals surface area contributed by atoms with Crippen molar-refractivity contribution >= 4 is 44.5 Å². The fourth-order valence-corrected chi connectivity index (χ4v) is 2.46. The van der Waals surface area contributed by atoms with Crippen LogP contribution in [-0.4, -0.2) is 11.1 Å². The number of rotatable bonds is 3. The number of hydrogen-bond donors (Lipinski definition) is 1. The minimum absolute atomic E-state index is 0.180. The molecule has 1 aromatic rings. The van der Waals surface area contributed by atoms with Crippen LogP contribution in [0.2, 0.25) is 0 Å². The first-order valence-electron chi connectivity index (χ1n) is 3.75. The smallest absolute Gasteiger partial charge is 0.303 e. The summed E-state index contributed by atoms with van der Waals surface area (Å²) in [5, 5.41) is 8.50. The molecule has 0 bridgehead atoms. The van der Waals surface area contributed by atoms with Gasteiger partial charge in [-0.25, -0.2) is 0 Å². The molecule has 0 spiro atoms. The Labute approximate surface area is 98.6 Å². The van der Waals surface area contributed by atoms with Crippen molar-refractivity contribution < 1.29 is 9.90 Å². The maximum Gasteiger partial charge on any atom is 0.303 e. The van der Waals surface area contributed by atoms with Crippen molar-refractivity contribution in [3.63, 3.8) is 0 Å². The molecule has 0 saturated carbocycles. The normalized spacial score (nSPS) is 10.0. The zero-order valence-electron chi connectivity index (χ0n) is 6.76. The number of benzene rings is 1. The molecule has 70 valence electrons. The molecule has 1 rings (SSSR count). The lowest BCUT2D eigenvalue weighted by atomic mass is 10.1. The number of hydrogen-bond acceptors (Lipinski definition) is 1. The van der Waals surface area contributed by atoms with Gasteiger partial charge in [0.2, 0.25) is 0 Å². The third kappa shape index (κ3) is 3.64. The van der Waals surface area contributed by atoms with Crippen LogP contribution in [0.3, 0.4) is 0 Å². The van der Waals surface area contributed by atoms with Gasteiger partial charge in [-0.15, -0.1) is 0 Å². The van der Waals surface area contributed by atoms with E-state index in [0.717, 1.165) is 13.6 Å². The molecule has 0 saturated heterocycles. The first-order chi connectivity index (χ1) is 6.09. The molecular formula is C9H8BrIO2. The predicted octanol–water partition coefficient (Wildman–Crippen LogP) is 3.07. The zero-order chi connectivity index (χ0) is 9.84.